The van der Waals surface area contributed by atoms with Crippen LogP contribution in [-0.4, -0.2) is 31.2 Å². The van der Waals surface area contributed by atoms with Crippen molar-refractivity contribution < 1.29 is 9.53 Å². The highest BCUT2D eigenvalue weighted by molar-refractivity contribution is 5.92. The number of nitriles is 1. The first-order valence-corrected chi connectivity index (χ1v) is 8.79. The zero-order valence-electron chi connectivity index (χ0n) is 15.8. The number of rotatable bonds is 6. The van der Waals surface area contributed by atoms with E-state index < -0.39 is 6.03 Å². The summed E-state index contributed by atoms with van der Waals surface area (Å²) in [4.78, 5) is 17.9. The molecule has 0 unspecified atom stereocenters. The summed E-state index contributed by atoms with van der Waals surface area (Å²) in [5.74, 6) is 1.03. The number of anilines is 2. The molecule has 2 aromatic carbocycles. The van der Waals surface area contributed by atoms with Crippen molar-refractivity contribution in [2.75, 3.05) is 30.4 Å². The van der Waals surface area contributed by atoms with Gasteiger partial charge in [-0.25, -0.2) is 9.78 Å². The van der Waals surface area contributed by atoms with Crippen molar-refractivity contribution in [2.45, 2.75) is 6.92 Å². The quantitative estimate of drug-likeness (QED) is 0.687. The third-order valence-corrected chi connectivity index (χ3v) is 4.36. The Bertz CT molecular complexity index is 1060. The topological polar surface area (TPSA) is 104 Å². The van der Waals surface area contributed by atoms with Gasteiger partial charge in [0.1, 0.15) is 17.6 Å². The molecule has 0 saturated carbocycles. The maximum absolute atomic E-state index is 11.9. The molecule has 3 rings (SSSR count). The van der Waals surface area contributed by atoms with Gasteiger partial charge in [0.2, 0.25) is 0 Å². The average Bonchev–Trinajstić information content (AvgIpc) is 2.70. The van der Waals surface area contributed by atoms with Gasteiger partial charge in [0, 0.05) is 18.5 Å². The van der Waals surface area contributed by atoms with E-state index in [1.165, 1.54) is 12.0 Å². The van der Waals surface area contributed by atoms with Crippen molar-refractivity contribution in [1.82, 2.24) is 4.98 Å². The standard InChI is InChI=1S/C21H21N5O2/c1-14-7-8-17-15(11-14)12-16(13-22)20(25-17)24-9-10-26(21(23)27)18-5-3-4-6-19(18)28-2/h3-8,11-12H,9-10H2,1-2H3,(H2,23,27)(H,24,25). The molecule has 0 fully saturated rings. The van der Waals surface area contributed by atoms with E-state index in [-0.39, 0.29) is 6.54 Å². The number of primary amides is 1. The fourth-order valence-electron chi connectivity index (χ4n) is 3.00. The maximum atomic E-state index is 11.9. The molecular weight excluding hydrogens is 354 g/mol. The predicted molar refractivity (Wildman–Crippen MR) is 110 cm³/mol. The summed E-state index contributed by atoms with van der Waals surface area (Å²) in [6, 6.07) is 16.4. The molecule has 7 heteroatoms. The van der Waals surface area contributed by atoms with Crippen LogP contribution in [0.5, 0.6) is 5.75 Å². The molecule has 0 spiro atoms. The van der Waals surface area contributed by atoms with Crippen LogP contribution < -0.4 is 20.7 Å². The van der Waals surface area contributed by atoms with Gasteiger partial charge in [-0.1, -0.05) is 23.8 Å². The Kier molecular flexibility index (Phi) is 5.61. The number of amides is 2. The van der Waals surface area contributed by atoms with Gasteiger partial charge >= 0.3 is 6.03 Å². The minimum atomic E-state index is -0.589. The molecular formula is C21H21N5O2. The fraction of sp³-hybridized carbons (Fsp3) is 0.190. The number of hydrogen-bond donors (Lipinski definition) is 2. The number of nitrogens with one attached hydrogen (secondary N) is 1. The molecule has 0 aliphatic heterocycles. The van der Waals surface area contributed by atoms with Crippen LogP contribution in [0, 0.1) is 18.3 Å². The number of nitrogens with two attached hydrogens (primary N) is 1. The number of hydrogen-bond acceptors (Lipinski definition) is 5. The number of nitrogens with zero attached hydrogens (tertiary/aromatic N) is 3. The predicted octanol–water partition coefficient (Wildman–Crippen LogP) is 3.42. The molecule has 0 radical (unpaired) electrons. The summed E-state index contributed by atoms with van der Waals surface area (Å²) < 4.78 is 5.31. The molecule has 0 saturated heterocycles. The van der Waals surface area contributed by atoms with Crippen LogP contribution in [0.4, 0.5) is 16.3 Å². The number of aryl methyl sites for hydroxylation is 1. The Morgan fingerprint density at radius 1 is 1.29 bits per heavy atom. The monoisotopic (exact) mass is 375 g/mol. The number of pyridine rings is 1. The molecule has 0 aliphatic rings. The first-order chi connectivity index (χ1) is 13.5. The summed E-state index contributed by atoms with van der Waals surface area (Å²) >= 11 is 0. The van der Waals surface area contributed by atoms with E-state index in [0.29, 0.717) is 29.4 Å². The lowest BCUT2D eigenvalue weighted by Gasteiger charge is -2.23. The molecule has 3 N–H and O–H groups in total. The van der Waals surface area contributed by atoms with Gasteiger partial charge < -0.3 is 15.8 Å². The van der Waals surface area contributed by atoms with Crippen LogP contribution in [-0.2, 0) is 0 Å². The first kappa shape index (κ1) is 19.0. The minimum Gasteiger partial charge on any atom is -0.495 e. The van der Waals surface area contributed by atoms with E-state index in [4.69, 9.17) is 10.5 Å². The fourth-order valence-corrected chi connectivity index (χ4v) is 3.00. The van der Waals surface area contributed by atoms with Crippen LogP contribution >= 0.6 is 0 Å². The smallest absolute Gasteiger partial charge is 0.319 e. The lowest BCUT2D eigenvalue weighted by Crippen LogP contribution is -2.39. The Labute approximate surface area is 163 Å². The Morgan fingerprint density at radius 3 is 2.79 bits per heavy atom. The molecule has 7 nitrogen and oxygen atoms in total. The van der Waals surface area contributed by atoms with E-state index in [9.17, 15) is 10.1 Å². The van der Waals surface area contributed by atoms with Gasteiger partial charge in [0.15, 0.2) is 0 Å². The van der Waals surface area contributed by atoms with Crippen LogP contribution in [0.2, 0.25) is 0 Å². The summed E-state index contributed by atoms with van der Waals surface area (Å²) in [7, 11) is 1.54. The number of benzene rings is 2. The lowest BCUT2D eigenvalue weighted by molar-refractivity contribution is 0.254. The van der Waals surface area contributed by atoms with Crippen LogP contribution in [0.3, 0.4) is 0 Å². The van der Waals surface area contributed by atoms with Gasteiger partial charge in [0.25, 0.3) is 0 Å². The van der Waals surface area contributed by atoms with Gasteiger partial charge in [-0.15, -0.1) is 0 Å². The number of carbonyl (C=O) groups excluding carboxylic acids is 1. The van der Waals surface area contributed by atoms with Gasteiger partial charge in [-0.3, -0.25) is 4.90 Å². The van der Waals surface area contributed by atoms with Gasteiger partial charge in [-0.2, -0.15) is 5.26 Å². The molecule has 142 valence electrons. The number of fused-ring (bicyclic) bond motifs is 1. The number of ether oxygens (including phenoxy) is 1. The molecule has 28 heavy (non-hydrogen) atoms. The molecule has 3 aromatic rings. The molecule has 0 atom stereocenters. The second-order valence-corrected chi connectivity index (χ2v) is 6.28. The van der Waals surface area contributed by atoms with E-state index in [0.717, 1.165) is 16.5 Å². The second-order valence-electron chi connectivity index (χ2n) is 6.28. The minimum absolute atomic E-state index is 0.286. The Morgan fingerprint density at radius 2 is 2.07 bits per heavy atom. The van der Waals surface area contributed by atoms with Crippen LogP contribution in [0.25, 0.3) is 10.9 Å². The maximum Gasteiger partial charge on any atom is 0.319 e. The summed E-state index contributed by atoms with van der Waals surface area (Å²) in [5, 5.41) is 13.5. The van der Waals surface area contributed by atoms with Crippen molar-refractivity contribution in [3.63, 3.8) is 0 Å². The number of methoxy groups -OCH3 is 1. The second kappa shape index (κ2) is 8.27. The third kappa shape index (κ3) is 3.96. The summed E-state index contributed by atoms with van der Waals surface area (Å²) in [6.45, 7) is 2.64. The van der Waals surface area contributed by atoms with Crippen molar-refractivity contribution in [1.29, 1.82) is 5.26 Å². The zero-order valence-corrected chi connectivity index (χ0v) is 15.8. The van der Waals surface area contributed by atoms with E-state index in [1.54, 1.807) is 12.1 Å². The number of urea groups is 1. The van der Waals surface area contributed by atoms with Crippen molar-refractivity contribution >= 4 is 28.4 Å². The van der Waals surface area contributed by atoms with Gasteiger partial charge in [-0.05, 0) is 37.3 Å². The Balaban J connectivity index is 1.80. The lowest BCUT2D eigenvalue weighted by atomic mass is 10.1. The summed E-state index contributed by atoms with van der Waals surface area (Å²) in [6.07, 6.45) is 0. The van der Waals surface area contributed by atoms with Crippen LogP contribution in [0.15, 0.2) is 48.5 Å². The largest absolute Gasteiger partial charge is 0.495 e. The SMILES string of the molecule is COc1ccccc1N(CCNc1nc2ccc(C)cc2cc1C#N)C(N)=O. The molecule has 0 aliphatic carbocycles. The molecule has 1 aromatic heterocycles. The van der Waals surface area contributed by atoms with E-state index in [2.05, 4.69) is 16.4 Å². The highest BCUT2D eigenvalue weighted by atomic mass is 16.5. The van der Waals surface area contributed by atoms with Crippen molar-refractivity contribution in [2.24, 2.45) is 5.73 Å². The van der Waals surface area contributed by atoms with Crippen molar-refractivity contribution in [3.8, 4) is 11.8 Å². The molecule has 1 heterocycles. The zero-order chi connectivity index (χ0) is 20.1. The number of carbonyl (C=O) groups is 1. The van der Waals surface area contributed by atoms with Gasteiger partial charge in [0.05, 0.1) is 23.9 Å². The average molecular weight is 375 g/mol. The highest BCUT2D eigenvalue weighted by Gasteiger charge is 2.16. The van der Waals surface area contributed by atoms with E-state index in [1.807, 2.05) is 43.3 Å². The number of para-hydroxylation sites is 2. The summed E-state index contributed by atoms with van der Waals surface area (Å²) in [5.41, 5.74) is 8.48. The highest BCUT2D eigenvalue weighted by Crippen LogP contribution is 2.27. The molecule has 0 bridgehead atoms. The molecule has 2 amide bonds. The Hall–Kier alpha value is -3.79. The number of aromatic nitrogens is 1. The van der Waals surface area contributed by atoms with Crippen molar-refractivity contribution in [3.05, 3.63) is 59.7 Å². The van der Waals surface area contributed by atoms with Crippen LogP contribution in [0.1, 0.15) is 11.1 Å². The van der Waals surface area contributed by atoms with E-state index >= 15 is 0 Å². The normalized spacial score (nSPS) is 10.3. The third-order valence-electron chi connectivity index (χ3n) is 4.36. The first-order valence-electron chi connectivity index (χ1n) is 8.79.